The summed E-state index contributed by atoms with van der Waals surface area (Å²) in [6.45, 7) is 7.20. The Morgan fingerprint density at radius 1 is 0.674 bits per heavy atom. The minimum Gasteiger partial charge on any atom is -0.550 e. The quantitative estimate of drug-likeness (QED) is 0.0383. The molecule has 15 atom stereocenters. The third kappa shape index (κ3) is 19.7. The molecule has 0 saturated carbocycles. The number of unbranched alkanes of at least 4 members (excludes halogenated alkanes) is 2. The maximum Gasteiger partial charge on any atom is 0.251 e. The molecule has 0 spiro atoms. The molecule has 7 rings (SSSR count). The number of phenols is 1. The number of phenolic OH excluding ortho intramolecular Hbond substituents is 1. The van der Waals surface area contributed by atoms with Gasteiger partial charge in [-0.15, -0.1) is 0 Å². The molecule has 0 radical (unpaired) electrons. The molecule has 0 aromatic heterocycles. The number of ether oxygens (including phenoxy) is 1. The van der Waals surface area contributed by atoms with Crippen molar-refractivity contribution in [1.29, 1.82) is 0 Å². The Morgan fingerprint density at radius 2 is 1.18 bits per heavy atom. The number of likely N-dealkylation sites (N-methyl/N-ethyl adjacent to an activating group) is 1. The Labute approximate surface area is 534 Å². The molecule has 27 nitrogen and oxygen atoms in total. The lowest BCUT2D eigenvalue weighted by Gasteiger charge is -2.34. The van der Waals surface area contributed by atoms with Gasteiger partial charge in [-0.2, -0.15) is 0 Å². The number of aliphatic hydroxyl groups is 7. The molecule has 0 aliphatic carbocycles. The molecule has 3 heterocycles. The highest BCUT2D eigenvalue weighted by molar-refractivity contribution is 6.00. The highest BCUT2D eigenvalue weighted by Gasteiger charge is 2.50. The van der Waals surface area contributed by atoms with Gasteiger partial charge in [0.25, 0.3) is 5.91 Å². The summed E-state index contributed by atoms with van der Waals surface area (Å²) in [7, 11) is 5.64. The van der Waals surface area contributed by atoms with Crippen molar-refractivity contribution < 1.29 is 93.5 Å². The second-order valence-corrected chi connectivity index (χ2v) is 24.8. The largest absolute Gasteiger partial charge is 0.550 e. The number of hydrogen-bond acceptors (Lipinski definition) is 19. The van der Waals surface area contributed by atoms with Crippen LogP contribution in [0, 0.1) is 5.92 Å². The number of carbonyl (C=O) groups excluding carboxylic acids is 8. The number of aliphatic carboxylic acids is 1. The number of fused-ring (bicyclic) bond motifs is 2. The number of amides is 7. The third-order valence-electron chi connectivity index (χ3n) is 16.2. The van der Waals surface area contributed by atoms with Gasteiger partial charge in [-0.05, 0) is 91.4 Å². The average molecular weight is 1280 g/mol. The number of carboxylic acids is 1. The molecular weight excluding hydrogens is 1190 g/mol. The summed E-state index contributed by atoms with van der Waals surface area (Å²) in [6.07, 6.45) is -12.1. The van der Waals surface area contributed by atoms with Gasteiger partial charge in [-0.3, -0.25) is 38.9 Å². The SMILES string of the molecule is CC(=O)[O-].CCCCCOc1ccc(-c2ccc(-c3ccc(C(=O)N[C@@H]4C[C@@H](O)[C@@H](NCC[N+](C)(C)C)NC(=O)[C@@H]5[C@@H](O)[C@@H](C)CN5C(=O)[C@H]([C@@H](C)O)NC(=O)[C@H]([C@H](O)[C@@H](O)c5ccc(O)cc5)NC(=O)[C@@H]5C[C@@H](O)CN5C(=O)[C@H]([C@@H](C)O)NC4=O)cc3)cc2)cc1. The summed E-state index contributed by atoms with van der Waals surface area (Å²) < 4.78 is 6.26. The molecule has 3 aliphatic rings. The number of carboxylic acid groups (broad SMARTS) is 1. The van der Waals surface area contributed by atoms with Crippen LogP contribution in [0.2, 0.25) is 0 Å². The van der Waals surface area contributed by atoms with Gasteiger partial charge >= 0.3 is 0 Å². The van der Waals surface area contributed by atoms with Crippen LogP contribution in [-0.4, -0.2) is 235 Å². The van der Waals surface area contributed by atoms with Crippen LogP contribution >= 0.6 is 0 Å². The molecule has 3 aliphatic heterocycles. The molecular formula is C65H89N9O18. The maximum absolute atomic E-state index is 14.8. The third-order valence-corrected chi connectivity index (χ3v) is 16.2. The first-order valence-corrected chi connectivity index (χ1v) is 30.7. The van der Waals surface area contributed by atoms with Gasteiger partial charge in [-0.1, -0.05) is 87.4 Å². The predicted octanol–water partition coefficient (Wildman–Crippen LogP) is -1.87. The minimum atomic E-state index is -2.28. The lowest BCUT2D eigenvalue weighted by Crippen LogP contribution is -2.64. The van der Waals surface area contributed by atoms with E-state index in [0.29, 0.717) is 17.6 Å². The lowest BCUT2D eigenvalue weighted by atomic mass is 9.96. The van der Waals surface area contributed by atoms with Crippen molar-refractivity contribution in [2.45, 2.75) is 152 Å². The normalized spacial score (nSPS) is 25.8. The van der Waals surface area contributed by atoms with Gasteiger partial charge in [0, 0.05) is 49.9 Å². The predicted molar refractivity (Wildman–Crippen MR) is 333 cm³/mol. The monoisotopic (exact) mass is 1280 g/mol. The smallest absolute Gasteiger partial charge is 0.251 e. The zero-order valence-electron chi connectivity index (χ0n) is 53.0. The second kappa shape index (κ2) is 32.9. The van der Waals surface area contributed by atoms with Gasteiger partial charge in [0.05, 0.1) is 64.8 Å². The van der Waals surface area contributed by atoms with E-state index in [-0.39, 0.29) is 30.0 Å². The van der Waals surface area contributed by atoms with Crippen molar-refractivity contribution in [2.75, 3.05) is 53.9 Å². The summed E-state index contributed by atoms with van der Waals surface area (Å²) >= 11 is 0. The first kappa shape index (κ1) is 72.9. The molecule has 3 fully saturated rings. The Bertz CT molecular complexity index is 3140. The van der Waals surface area contributed by atoms with Crippen molar-refractivity contribution in [3.8, 4) is 33.8 Å². The highest BCUT2D eigenvalue weighted by Crippen LogP contribution is 2.30. The van der Waals surface area contributed by atoms with E-state index in [0.717, 1.165) is 77.8 Å². The standard InChI is InChI=1S/C63H85N9O16.C2H4O2/c1-8-9-10-29-88-45-25-21-40(22-26-45)38-13-11-37(12-14-38)39-15-17-42(18-16-39)57(81)65-46-31-48(77)56(64-27-28-72(5,6)7)69-61(85)52-53(78)34(2)32-71(52)63(87)50(36(4)74)67-60(84)51(55(80)54(79)41-19-23-43(75)24-20-41)68-59(83)47-30-44(76)33-70(47)62(86)49(35(3)73)66-58(46)82;1-2(3)4/h11-26,34-36,44,46-56,64,73-74,76-80H,8-10,27-33H2,1-7H3,(H5-,65,66,67,68,69,75,81,82,83,84,85);1H3,(H,3,4)/t34-,35+,36+,44+,46+,47-,48+,49-,50-,51-,52-,53-,54-,55-,56-;/m0./s1. The maximum atomic E-state index is 14.8. The Hall–Kier alpha value is -8.12. The van der Waals surface area contributed by atoms with E-state index in [4.69, 9.17) is 14.6 Å². The molecule has 92 heavy (non-hydrogen) atoms. The van der Waals surface area contributed by atoms with E-state index in [1.165, 1.54) is 43.3 Å². The summed E-state index contributed by atoms with van der Waals surface area (Å²) in [4.78, 5) is 113. The Kier molecular flexibility index (Phi) is 26.1. The number of rotatable bonds is 18. The van der Waals surface area contributed by atoms with Crippen LogP contribution in [0.3, 0.4) is 0 Å². The van der Waals surface area contributed by atoms with Crippen LogP contribution in [0.15, 0.2) is 97.1 Å². The minimum absolute atomic E-state index is 0.0578. The van der Waals surface area contributed by atoms with Crippen molar-refractivity contribution in [2.24, 2.45) is 5.92 Å². The fourth-order valence-corrected chi connectivity index (χ4v) is 11.0. The number of benzene rings is 4. The van der Waals surface area contributed by atoms with Crippen LogP contribution in [-0.2, 0) is 33.6 Å². The van der Waals surface area contributed by atoms with Gasteiger partial charge < -0.3 is 96.4 Å². The van der Waals surface area contributed by atoms with Gasteiger partial charge in [-0.25, -0.2) is 0 Å². The van der Waals surface area contributed by atoms with Crippen LogP contribution in [0.1, 0.15) is 88.7 Å². The summed E-state index contributed by atoms with van der Waals surface area (Å²) in [6, 6.07) is 15.5. The molecule has 4 aromatic rings. The highest BCUT2D eigenvalue weighted by atomic mass is 16.5. The van der Waals surface area contributed by atoms with Gasteiger partial charge in [0.15, 0.2) is 0 Å². The van der Waals surface area contributed by atoms with Crippen molar-refractivity contribution in [3.05, 3.63) is 108 Å². The number of hydrogen-bond donors (Lipinski definition) is 14. The molecule has 0 bridgehead atoms. The van der Waals surface area contributed by atoms with Crippen molar-refractivity contribution in [3.63, 3.8) is 0 Å². The van der Waals surface area contributed by atoms with E-state index in [1.807, 2.05) is 69.7 Å². The van der Waals surface area contributed by atoms with E-state index in [1.54, 1.807) is 12.1 Å². The number of carbonyl (C=O) groups is 8. The molecule has 4 aromatic carbocycles. The first-order valence-electron chi connectivity index (χ1n) is 30.7. The fourth-order valence-electron chi connectivity index (χ4n) is 11.0. The molecule has 14 N–H and O–H groups in total. The van der Waals surface area contributed by atoms with Crippen molar-refractivity contribution >= 4 is 47.3 Å². The number of quaternary nitrogens is 1. The van der Waals surface area contributed by atoms with Crippen LogP contribution in [0.4, 0.5) is 0 Å². The second-order valence-electron chi connectivity index (χ2n) is 24.8. The van der Waals surface area contributed by atoms with E-state index >= 15 is 0 Å². The molecule has 7 amide bonds. The van der Waals surface area contributed by atoms with Crippen LogP contribution in [0.25, 0.3) is 22.3 Å². The topological polar surface area (TPSA) is 409 Å². The Morgan fingerprint density at radius 3 is 1.72 bits per heavy atom. The van der Waals surface area contributed by atoms with E-state index < -0.39 is 158 Å². The van der Waals surface area contributed by atoms with E-state index in [2.05, 4.69) is 38.8 Å². The van der Waals surface area contributed by atoms with Crippen LogP contribution < -0.4 is 41.7 Å². The zero-order valence-corrected chi connectivity index (χ0v) is 53.0. The summed E-state index contributed by atoms with van der Waals surface area (Å²) in [5.74, 6) is -9.14. The summed E-state index contributed by atoms with van der Waals surface area (Å²) in [5.41, 5.74) is 3.52. The zero-order chi connectivity index (χ0) is 67.9. The number of nitrogens with zero attached hydrogens (tertiary/aromatic N) is 3. The van der Waals surface area contributed by atoms with Gasteiger partial charge in [0.2, 0.25) is 35.4 Å². The molecule has 27 heteroatoms. The lowest BCUT2D eigenvalue weighted by molar-refractivity contribution is -0.869. The average Bonchev–Trinajstić information content (AvgIpc) is 1.63. The molecule has 502 valence electrons. The Balaban J connectivity index is 0.00000326. The number of nitrogens with one attached hydrogen (secondary N) is 6. The van der Waals surface area contributed by atoms with Crippen LogP contribution in [0.5, 0.6) is 11.5 Å². The number of aromatic hydroxyl groups is 1. The van der Waals surface area contributed by atoms with Gasteiger partial charge in [0.1, 0.15) is 66.1 Å². The molecule has 0 unspecified atom stereocenters. The summed E-state index contributed by atoms with van der Waals surface area (Å²) in [5, 5.41) is 115. The van der Waals surface area contributed by atoms with Crippen molar-refractivity contribution in [1.82, 2.24) is 41.7 Å². The molecule has 3 saturated heterocycles. The number of aliphatic hydroxyl groups excluding tert-OH is 7. The first-order chi connectivity index (χ1) is 43.4. The fraction of sp³-hybridized carbons (Fsp3) is 0.508. The van der Waals surface area contributed by atoms with E-state index in [9.17, 15) is 74.4 Å².